The van der Waals surface area contributed by atoms with Crippen molar-refractivity contribution in [2.75, 3.05) is 6.54 Å². The van der Waals surface area contributed by atoms with E-state index in [1.54, 1.807) is 0 Å². The van der Waals surface area contributed by atoms with Gasteiger partial charge in [-0.15, -0.1) is 0 Å². The van der Waals surface area contributed by atoms with Gasteiger partial charge in [0.2, 0.25) is 0 Å². The number of ether oxygens (including phenoxy) is 2. The summed E-state index contributed by atoms with van der Waals surface area (Å²) in [6.45, 7) is 11.7. The van der Waals surface area contributed by atoms with E-state index < -0.39 is 5.60 Å². The minimum atomic E-state index is -0.438. The second-order valence-electron chi connectivity index (χ2n) is 8.29. The monoisotopic (exact) mass is 383 g/mol. The van der Waals surface area contributed by atoms with Crippen LogP contribution in [0, 0.1) is 12.8 Å². The molecule has 0 unspecified atom stereocenters. The van der Waals surface area contributed by atoms with Gasteiger partial charge >= 0.3 is 5.97 Å². The highest BCUT2D eigenvalue weighted by atomic mass is 16.6. The molecule has 0 heterocycles. The summed E-state index contributed by atoms with van der Waals surface area (Å²) in [5.74, 6) is 0.618. The van der Waals surface area contributed by atoms with Gasteiger partial charge in [-0.25, -0.2) is 0 Å². The van der Waals surface area contributed by atoms with E-state index in [-0.39, 0.29) is 11.9 Å². The number of nitrogens with one attached hydrogen (secondary N) is 1. The van der Waals surface area contributed by atoms with Crippen molar-refractivity contribution in [1.82, 2.24) is 5.32 Å². The molecule has 28 heavy (non-hydrogen) atoms. The maximum atomic E-state index is 12.1. The zero-order chi connectivity index (χ0) is 20.6. The van der Waals surface area contributed by atoms with Crippen molar-refractivity contribution in [3.8, 4) is 5.75 Å². The van der Waals surface area contributed by atoms with E-state index in [0.717, 1.165) is 29.8 Å². The van der Waals surface area contributed by atoms with Gasteiger partial charge in [0.15, 0.2) is 0 Å². The van der Waals surface area contributed by atoms with Crippen LogP contribution < -0.4 is 10.1 Å². The molecular formula is C24H33NO3. The standard InChI is InChI=1S/C24H33NO3/c1-18-9-8-10-20(15-18)17-27-22-12-7-6-11-21(22)16-25-14-13-19(2)23(26)28-24(3,4)5/h6-12,15,19,25H,13-14,16-17H2,1-5H3/t19-/m0/s1. The van der Waals surface area contributed by atoms with Crippen molar-refractivity contribution >= 4 is 5.97 Å². The Bertz CT molecular complexity index is 764. The average molecular weight is 384 g/mol. The van der Waals surface area contributed by atoms with Crippen LogP contribution in [0.25, 0.3) is 0 Å². The number of para-hydroxylation sites is 1. The maximum Gasteiger partial charge on any atom is 0.309 e. The Labute approximate surface area is 169 Å². The highest BCUT2D eigenvalue weighted by molar-refractivity contribution is 5.72. The van der Waals surface area contributed by atoms with Gasteiger partial charge < -0.3 is 14.8 Å². The minimum absolute atomic E-state index is 0.125. The molecule has 4 nitrogen and oxygen atoms in total. The van der Waals surface area contributed by atoms with E-state index in [0.29, 0.717) is 13.2 Å². The third-order valence-electron chi connectivity index (χ3n) is 4.33. The molecule has 0 aliphatic rings. The molecule has 0 saturated carbocycles. The second-order valence-corrected chi connectivity index (χ2v) is 8.29. The molecule has 0 fully saturated rings. The molecule has 1 N–H and O–H groups in total. The first-order chi connectivity index (χ1) is 13.2. The third kappa shape index (κ3) is 7.73. The summed E-state index contributed by atoms with van der Waals surface area (Å²) in [5.41, 5.74) is 3.07. The summed E-state index contributed by atoms with van der Waals surface area (Å²) >= 11 is 0. The van der Waals surface area contributed by atoms with Crippen LogP contribution in [0.4, 0.5) is 0 Å². The smallest absolute Gasteiger partial charge is 0.309 e. The molecule has 0 aromatic heterocycles. The van der Waals surface area contributed by atoms with Crippen LogP contribution in [0.3, 0.4) is 0 Å². The fourth-order valence-electron chi connectivity index (χ4n) is 2.82. The quantitative estimate of drug-likeness (QED) is 0.487. The van der Waals surface area contributed by atoms with Gasteiger partial charge in [-0.3, -0.25) is 4.79 Å². The second kappa shape index (κ2) is 10.3. The number of hydrogen-bond acceptors (Lipinski definition) is 4. The average Bonchev–Trinajstić information content (AvgIpc) is 2.63. The van der Waals surface area contributed by atoms with Crippen LogP contribution in [-0.4, -0.2) is 18.1 Å². The summed E-state index contributed by atoms with van der Waals surface area (Å²) in [4.78, 5) is 12.1. The van der Waals surface area contributed by atoms with Crippen LogP contribution >= 0.6 is 0 Å². The van der Waals surface area contributed by atoms with Crippen LogP contribution in [-0.2, 0) is 22.7 Å². The zero-order valence-corrected chi connectivity index (χ0v) is 17.7. The van der Waals surface area contributed by atoms with Gasteiger partial charge in [-0.1, -0.05) is 55.0 Å². The van der Waals surface area contributed by atoms with E-state index in [4.69, 9.17) is 9.47 Å². The van der Waals surface area contributed by atoms with E-state index in [1.807, 2.05) is 52.0 Å². The van der Waals surface area contributed by atoms with E-state index in [2.05, 4.69) is 36.5 Å². The lowest BCUT2D eigenvalue weighted by Gasteiger charge is -2.22. The molecule has 2 aromatic rings. The van der Waals surface area contributed by atoms with Gasteiger partial charge in [-0.2, -0.15) is 0 Å². The summed E-state index contributed by atoms with van der Waals surface area (Å²) in [6.07, 6.45) is 0.737. The Morgan fingerprint density at radius 3 is 2.57 bits per heavy atom. The number of aryl methyl sites for hydroxylation is 1. The number of benzene rings is 2. The van der Waals surface area contributed by atoms with Crippen LogP contribution in [0.2, 0.25) is 0 Å². The Morgan fingerprint density at radius 1 is 1.11 bits per heavy atom. The first-order valence-electron chi connectivity index (χ1n) is 9.94. The lowest BCUT2D eigenvalue weighted by molar-refractivity contribution is -0.159. The molecule has 0 saturated heterocycles. The number of hydrogen-bond donors (Lipinski definition) is 1. The number of carbonyl (C=O) groups excluding carboxylic acids is 1. The third-order valence-corrected chi connectivity index (χ3v) is 4.33. The number of esters is 1. The molecule has 0 amide bonds. The van der Waals surface area contributed by atoms with Crippen molar-refractivity contribution in [1.29, 1.82) is 0 Å². The molecule has 0 bridgehead atoms. The van der Waals surface area contributed by atoms with Gasteiger partial charge in [0.1, 0.15) is 18.0 Å². The van der Waals surface area contributed by atoms with Crippen molar-refractivity contribution < 1.29 is 14.3 Å². The molecule has 152 valence electrons. The Hall–Kier alpha value is -2.33. The summed E-state index contributed by atoms with van der Waals surface area (Å²) in [6, 6.07) is 16.4. The highest BCUT2D eigenvalue weighted by Gasteiger charge is 2.21. The molecular weight excluding hydrogens is 350 g/mol. The lowest BCUT2D eigenvalue weighted by Crippen LogP contribution is -2.29. The van der Waals surface area contributed by atoms with Crippen molar-refractivity contribution in [2.45, 2.75) is 59.8 Å². The van der Waals surface area contributed by atoms with Crippen molar-refractivity contribution in [3.05, 3.63) is 65.2 Å². The topological polar surface area (TPSA) is 47.6 Å². The predicted octanol–water partition coefficient (Wildman–Crippen LogP) is 5.03. The molecule has 2 aromatic carbocycles. The minimum Gasteiger partial charge on any atom is -0.489 e. The van der Waals surface area contributed by atoms with Crippen molar-refractivity contribution in [2.24, 2.45) is 5.92 Å². The van der Waals surface area contributed by atoms with Crippen molar-refractivity contribution in [3.63, 3.8) is 0 Å². The zero-order valence-electron chi connectivity index (χ0n) is 17.7. The molecule has 2 rings (SSSR count). The molecule has 0 spiro atoms. The predicted molar refractivity (Wildman–Crippen MR) is 113 cm³/mol. The number of carbonyl (C=O) groups is 1. The van der Waals surface area contributed by atoms with E-state index in [1.165, 1.54) is 5.56 Å². The highest BCUT2D eigenvalue weighted by Crippen LogP contribution is 2.20. The van der Waals surface area contributed by atoms with E-state index >= 15 is 0 Å². The summed E-state index contributed by atoms with van der Waals surface area (Å²) in [7, 11) is 0. The normalized spacial score (nSPS) is 12.5. The first-order valence-corrected chi connectivity index (χ1v) is 9.94. The maximum absolute atomic E-state index is 12.1. The summed E-state index contributed by atoms with van der Waals surface area (Å²) < 4.78 is 11.5. The van der Waals surface area contributed by atoms with E-state index in [9.17, 15) is 4.79 Å². The Balaban J connectivity index is 1.80. The van der Waals surface area contributed by atoms with Crippen LogP contribution in [0.15, 0.2) is 48.5 Å². The number of rotatable bonds is 9. The van der Waals surface area contributed by atoms with Gasteiger partial charge in [0, 0.05) is 12.1 Å². The Kier molecular flexibility index (Phi) is 8.06. The van der Waals surface area contributed by atoms with Crippen LogP contribution in [0.1, 0.15) is 50.8 Å². The largest absolute Gasteiger partial charge is 0.489 e. The van der Waals surface area contributed by atoms with Gasteiger partial charge in [0.25, 0.3) is 0 Å². The molecule has 4 heteroatoms. The summed E-state index contributed by atoms with van der Waals surface area (Å²) in [5, 5.41) is 3.41. The molecule has 0 aliphatic carbocycles. The molecule has 0 radical (unpaired) electrons. The fraction of sp³-hybridized carbons (Fsp3) is 0.458. The fourth-order valence-corrected chi connectivity index (χ4v) is 2.82. The SMILES string of the molecule is Cc1cccc(COc2ccccc2CNCC[C@H](C)C(=O)OC(C)(C)C)c1. The first kappa shape index (κ1) is 22.0. The van der Waals surface area contributed by atoms with Gasteiger partial charge in [0.05, 0.1) is 5.92 Å². The molecule has 1 atom stereocenters. The Morgan fingerprint density at radius 2 is 1.86 bits per heavy atom. The molecule has 0 aliphatic heterocycles. The van der Waals surface area contributed by atoms with Crippen LogP contribution in [0.5, 0.6) is 5.75 Å². The van der Waals surface area contributed by atoms with Gasteiger partial charge in [-0.05, 0) is 52.3 Å². The lowest BCUT2D eigenvalue weighted by atomic mass is 10.1.